The number of fused-ring (bicyclic) bond motifs is 1. The monoisotopic (exact) mass is 341 g/mol. The molecule has 1 aliphatic rings. The second-order valence-electron chi connectivity index (χ2n) is 7.42. The summed E-state index contributed by atoms with van der Waals surface area (Å²) >= 11 is 0. The Morgan fingerprint density at radius 2 is 1.92 bits per heavy atom. The zero-order valence-corrected chi connectivity index (χ0v) is 15.4. The number of piperazine rings is 1. The minimum absolute atomic E-state index is 0.220. The van der Waals surface area contributed by atoms with Gasteiger partial charge < -0.3 is 19.1 Å². The van der Waals surface area contributed by atoms with Crippen LogP contribution in [0.2, 0.25) is 0 Å². The van der Waals surface area contributed by atoms with E-state index in [2.05, 4.69) is 46.5 Å². The molecule has 0 atom stereocenters. The predicted molar refractivity (Wildman–Crippen MR) is 102 cm³/mol. The Balaban J connectivity index is 1.72. The molecule has 3 rings (SSSR count). The first-order valence-corrected chi connectivity index (χ1v) is 8.81. The maximum absolute atomic E-state index is 12.2. The van der Waals surface area contributed by atoms with E-state index in [-0.39, 0.29) is 6.09 Å². The number of allylic oxidation sites excluding steroid dienone is 1. The minimum Gasteiger partial charge on any atom is -0.444 e. The minimum atomic E-state index is -0.451. The van der Waals surface area contributed by atoms with Gasteiger partial charge in [-0.3, -0.25) is 0 Å². The number of carbonyl (C=O) groups is 1. The third-order valence-electron chi connectivity index (χ3n) is 4.39. The van der Waals surface area contributed by atoms with E-state index in [1.54, 1.807) is 4.90 Å². The number of rotatable bonds is 3. The number of hydrogen-bond donors (Lipinski definition) is 0. The molecule has 1 saturated heterocycles. The van der Waals surface area contributed by atoms with Crippen LogP contribution in [0.25, 0.3) is 10.9 Å². The Bertz CT molecular complexity index is 765. The molecule has 2 heterocycles. The van der Waals surface area contributed by atoms with Crippen LogP contribution >= 0.6 is 0 Å². The number of carbonyl (C=O) groups excluding carboxylic acids is 1. The second-order valence-corrected chi connectivity index (χ2v) is 7.42. The van der Waals surface area contributed by atoms with Crippen molar-refractivity contribution < 1.29 is 9.53 Å². The van der Waals surface area contributed by atoms with Gasteiger partial charge in [-0.25, -0.2) is 4.79 Å². The van der Waals surface area contributed by atoms with Crippen molar-refractivity contribution in [3.63, 3.8) is 0 Å². The SMILES string of the molecule is C=CCn1ccc2c(N3CCN(C(=O)OC(C)(C)C)CC3)cccc21. The molecular formula is C20H27N3O2. The van der Waals surface area contributed by atoms with Crippen molar-refractivity contribution in [1.29, 1.82) is 0 Å². The maximum Gasteiger partial charge on any atom is 0.410 e. The van der Waals surface area contributed by atoms with Crippen LogP contribution in [0.3, 0.4) is 0 Å². The molecule has 25 heavy (non-hydrogen) atoms. The smallest absolute Gasteiger partial charge is 0.410 e. The highest BCUT2D eigenvalue weighted by molar-refractivity contribution is 5.93. The highest BCUT2D eigenvalue weighted by atomic mass is 16.6. The van der Waals surface area contributed by atoms with Gasteiger partial charge in [-0.15, -0.1) is 6.58 Å². The average molecular weight is 341 g/mol. The van der Waals surface area contributed by atoms with E-state index < -0.39 is 5.60 Å². The Kier molecular flexibility index (Phi) is 4.75. The van der Waals surface area contributed by atoms with Crippen molar-refractivity contribution in [2.75, 3.05) is 31.1 Å². The molecule has 1 aromatic carbocycles. The largest absolute Gasteiger partial charge is 0.444 e. The van der Waals surface area contributed by atoms with Crippen LogP contribution in [-0.4, -0.2) is 47.3 Å². The van der Waals surface area contributed by atoms with E-state index >= 15 is 0 Å². The molecule has 1 aromatic heterocycles. The third-order valence-corrected chi connectivity index (χ3v) is 4.39. The topological polar surface area (TPSA) is 37.7 Å². The van der Waals surface area contributed by atoms with Crippen LogP contribution in [-0.2, 0) is 11.3 Å². The van der Waals surface area contributed by atoms with Crippen molar-refractivity contribution in [2.24, 2.45) is 0 Å². The molecule has 2 aromatic rings. The summed E-state index contributed by atoms with van der Waals surface area (Å²) in [5, 5.41) is 1.25. The van der Waals surface area contributed by atoms with Gasteiger partial charge in [-0.1, -0.05) is 12.1 Å². The van der Waals surface area contributed by atoms with Crippen molar-refractivity contribution in [3.05, 3.63) is 43.1 Å². The lowest BCUT2D eigenvalue weighted by Crippen LogP contribution is -2.50. The molecule has 5 heteroatoms. The van der Waals surface area contributed by atoms with Crippen LogP contribution in [0.15, 0.2) is 43.1 Å². The Hall–Kier alpha value is -2.43. The number of anilines is 1. The van der Waals surface area contributed by atoms with E-state index in [0.29, 0.717) is 13.1 Å². The van der Waals surface area contributed by atoms with E-state index in [9.17, 15) is 4.79 Å². The van der Waals surface area contributed by atoms with Crippen molar-refractivity contribution in [1.82, 2.24) is 9.47 Å². The van der Waals surface area contributed by atoms with E-state index in [1.807, 2.05) is 26.8 Å². The summed E-state index contributed by atoms with van der Waals surface area (Å²) < 4.78 is 7.67. The molecule has 1 fully saturated rings. The van der Waals surface area contributed by atoms with Crippen LogP contribution in [0.5, 0.6) is 0 Å². The number of nitrogens with zero attached hydrogens (tertiary/aromatic N) is 3. The molecule has 0 spiro atoms. The molecule has 5 nitrogen and oxygen atoms in total. The highest BCUT2D eigenvalue weighted by Gasteiger charge is 2.26. The molecule has 0 aliphatic carbocycles. The molecule has 0 saturated carbocycles. The summed E-state index contributed by atoms with van der Waals surface area (Å²) in [6.07, 6.45) is 3.79. The second kappa shape index (κ2) is 6.82. The fourth-order valence-corrected chi connectivity index (χ4v) is 3.24. The van der Waals surface area contributed by atoms with E-state index in [1.165, 1.54) is 16.6 Å². The predicted octanol–water partition coefficient (Wildman–Crippen LogP) is 3.88. The quantitative estimate of drug-likeness (QED) is 0.795. The number of hydrogen-bond acceptors (Lipinski definition) is 3. The molecule has 0 N–H and O–H groups in total. The fourth-order valence-electron chi connectivity index (χ4n) is 3.24. The first-order valence-electron chi connectivity index (χ1n) is 8.81. The van der Waals surface area contributed by atoms with Crippen LogP contribution in [0.1, 0.15) is 20.8 Å². The standard InChI is InChI=1S/C20H27N3O2/c1-5-10-21-11-9-16-17(21)7-6-8-18(16)22-12-14-23(15-13-22)19(24)25-20(2,3)4/h5-9,11H,1,10,12-15H2,2-4H3. The van der Waals surface area contributed by atoms with E-state index in [4.69, 9.17) is 4.74 Å². The molecule has 0 unspecified atom stereocenters. The van der Waals surface area contributed by atoms with Gasteiger partial charge in [0, 0.05) is 50.0 Å². The van der Waals surface area contributed by atoms with Crippen LogP contribution < -0.4 is 4.90 Å². The van der Waals surface area contributed by atoms with Gasteiger partial charge >= 0.3 is 6.09 Å². The zero-order valence-electron chi connectivity index (χ0n) is 15.4. The molecule has 0 radical (unpaired) electrons. The number of aromatic nitrogens is 1. The van der Waals surface area contributed by atoms with Gasteiger partial charge in [-0.05, 0) is 39.0 Å². The zero-order chi connectivity index (χ0) is 18.0. The maximum atomic E-state index is 12.2. The Labute approximate surface area is 149 Å². The summed E-state index contributed by atoms with van der Waals surface area (Å²) in [5.74, 6) is 0. The molecule has 134 valence electrons. The number of amides is 1. The summed E-state index contributed by atoms with van der Waals surface area (Å²) in [6, 6.07) is 8.55. The molecule has 1 aliphatic heterocycles. The Morgan fingerprint density at radius 3 is 2.56 bits per heavy atom. The van der Waals surface area contributed by atoms with Gasteiger partial charge in [0.1, 0.15) is 5.60 Å². The third kappa shape index (κ3) is 3.81. The summed E-state index contributed by atoms with van der Waals surface area (Å²) in [5.41, 5.74) is 1.99. The summed E-state index contributed by atoms with van der Waals surface area (Å²) in [6.45, 7) is 13.3. The van der Waals surface area contributed by atoms with Gasteiger partial charge in [0.15, 0.2) is 0 Å². The first-order chi connectivity index (χ1) is 11.9. The Morgan fingerprint density at radius 1 is 1.20 bits per heavy atom. The summed E-state index contributed by atoms with van der Waals surface area (Å²) in [7, 11) is 0. The number of ether oxygens (including phenoxy) is 1. The normalized spacial score (nSPS) is 15.5. The van der Waals surface area contributed by atoms with Crippen LogP contribution in [0, 0.1) is 0 Å². The van der Waals surface area contributed by atoms with Gasteiger partial charge in [0.2, 0.25) is 0 Å². The number of benzene rings is 1. The first kappa shape index (κ1) is 17.4. The highest BCUT2D eigenvalue weighted by Crippen LogP contribution is 2.29. The molecule has 1 amide bonds. The van der Waals surface area contributed by atoms with Crippen molar-refractivity contribution in [3.8, 4) is 0 Å². The van der Waals surface area contributed by atoms with Gasteiger partial charge in [-0.2, -0.15) is 0 Å². The lowest BCUT2D eigenvalue weighted by Gasteiger charge is -2.37. The molecular weight excluding hydrogens is 314 g/mol. The summed E-state index contributed by atoms with van der Waals surface area (Å²) in [4.78, 5) is 16.4. The van der Waals surface area contributed by atoms with Crippen molar-refractivity contribution >= 4 is 22.7 Å². The van der Waals surface area contributed by atoms with Crippen molar-refractivity contribution in [2.45, 2.75) is 32.9 Å². The lowest BCUT2D eigenvalue weighted by molar-refractivity contribution is 0.0241. The fraction of sp³-hybridized carbons (Fsp3) is 0.450. The van der Waals surface area contributed by atoms with Crippen LogP contribution in [0.4, 0.5) is 10.5 Å². The van der Waals surface area contributed by atoms with E-state index in [0.717, 1.165) is 19.6 Å². The van der Waals surface area contributed by atoms with Gasteiger partial charge in [0.25, 0.3) is 0 Å². The molecule has 0 bridgehead atoms. The van der Waals surface area contributed by atoms with Gasteiger partial charge in [0.05, 0.1) is 5.52 Å². The lowest BCUT2D eigenvalue weighted by atomic mass is 10.1. The average Bonchev–Trinajstić information content (AvgIpc) is 2.97.